The Morgan fingerprint density at radius 1 is 1.27 bits per heavy atom. The van der Waals surface area contributed by atoms with Gasteiger partial charge in [0.1, 0.15) is 11.4 Å². The van der Waals surface area contributed by atoms with Crippen molar-refractivity contribution in [2.24, 2.45) is 0 Å². The first-order valence-corrected chi connectivity index (χ1v) is 5.22. The Bertz CT molecular complexity index is 424. The second-order valence-corrected chi connectivity index (χ2v) is 3.96. The number of rotatable bonds is 1. The smallest absolute Gasteiger partial charge is 0.181 e. The van der Waals surface area contributed by atoms with Crippen molar-refractivity contribution in [1.82, 2.24) is 4.98 Å². The molecule has 1 heterocycles. The van der Waals surface area contributed by atoms with Crippen molar-refractivity contribution >= 4 is 5.78 Å². The lowest BCUT2D eigenvalue weighted by Gasteiger charge is -2.19. The minimum atomic E-state index is 0.171. The standard InChI is InChI=1S/C12H15NO2/c1-7-9-5-4-6-10(14)11(9)13-8(2)12(7)15-3/h4-6H2,1-3H3. The summed E-state index contributed by atoms with van der Waals surface area (Å²) in [7, 11) is 1.65. The molecule has 0 unspecified atom stereocenters. The number of hydrogen-bond donors (Lipinski definition) is 0. The molecule has 15 heavy (non-hydrogen) atoms. The molecule has 0 radical (unpaired) electrons. The molecule has 80 valence electrons. The third-order valence-corrected chi connectivity index (χ3v) is 2.99. The maximum absolute atomic E-state index is 11.7. The monoisotopic (exact) mass is 205 g/mol. The van der Waals surface area contributed by atoms with E-state index in [1.165, 1.54) is 0 Å². The van der Waals surface area contributed by atoms with Crippen LogP contribution in [0.3, 0.4) is 0 Å². The highest BCUT2D eigenvalue weighted by molar-refractivity contribution is 5.97. The zero-order chi connectivity index (χ0) is 11.0. The summed E-state index contributed by atoms with van der Waals surface area (Å²) < 4.78 is 5.30. The molecule has 0 amide bonds. The van der Waals surface area contributed by atoms with E-state index in [1.807, 2.05) is 13.8 Å². The highest BCUT2D eigenvalue weighted by Gasteiger charge is 2.23. The fourth-order valence-electron chi connectivity index (χ4n) is 2.25. The van der Waals surface area contributed by atoms with Gasteiger partial charge in [-0.3, -0.25) is 4.79 Å². The largest absolute Gasteiger partial charge is 0.495 e. The molecule has 1 aromatic rings. The van der Waals surface area contributed by atoms with Crippen molar-refractivity contribution in [3.05, 3.63) is 22.5 Å². The Labute approximate surface area is 89.5 Å². The summed E-state index contributed by atoms with van der Waals surface area (Å²) >= 11 is 0. The van der Waals surface area contributed by atoms with Gasteiger partial charge in [0.2, 0.25) is 0 Å². The number of ketones is 1. The van der Waals surface area contributed by atoms with Gasteiger partial charge in [-0.2, -0.15) is 0 Å². The quantitative estimate of drug-likeness (QED) is 0.705. The van der Waals surface area contributed by atoms with Gasteiger partial charge in [-0.15, -0.1) is 0 Å². The van der Waals surface area contributed by atoms with Crippen molar-refractivity contribution in [2.45, 2.75) is 33.1 Å². The van der Waals surface area contributed by atoms with Gasteiger partial charge in [0.05, 0.1) is 12.8 Å². The molecule has 0 aromatic carbocycles. The number of aryl methyl sites for hydroxylation is 1. The summed E-state index contributed by atoms with van der Waals surface area (Å²) in [4.78, 5) is 16.0. The van der Waals surface area contributed by atoms with Crippen LogP contribution in [0.5, 0.6) is 5.75 Å². The maximum atomic E-state index is 11.7. The van der Waals surface area contributed by atoms with Gasteiger partial charge in [-0.1, -0.05) is 0 Å². The van der Waals surface area contributed by atoms with E-state index >= 15 is 0 Å². The molecule has 0 saturated carbocycles. The summed E-state index contributed by atoms with van der Waals surface area (Å²) in [5, 5.41) is 0. The van der Waals surface area contributed by atoms with Crippen LogP contribution in [0.2, 0.25) is 0 Å². The molecule has 1 aliphatic rings. The zero-order valence-electron chi connectivity index (χ0n) is 9.39. The number of pyridine rings is 1. The van der Waals surface area contributed by atoms with E-state index in [9.17, 15) is 4.79 Å². The van der Waals surface area contributed by atoms with Crippen molar-refractivity contribution in [3.8, 4) is 5.75 Å². The molecular formula is C12H15NO2. The second-order valence-electron chi connectivity index (χ2n) is 3.96. The van der Waals surface area contributed by atoms with Crippen LogP contribution in [0.25, 0.3) is 0 Å². The number of ether oxygens (including phenoxy) is 1. The lowest BCUT2D eigenvalue weighted by atomic mass is 9.91. The molecule has 1 aromatic heterocycles. The van der Waals surface area contributed by atoms with Crippen LogP contribution in [0.15, 0.2) is 0 Å². The molecule has 3 nitrogen and oxygen atoms in total. The van der Waals surface area contributed by atoms with Crippen LogP contribution >= 0.6 is 0 Å². The van der Waals surface area contributed by atoms with E-state index in [0.29, 0.717) is 12.1 Å². The summed E-state index contributed by atoms with van der Waals surface area (Å²) in [6.45, 7) is 3.89. The highest BCUT2D eigenvalue weighted by Crippen LogP contribution is 2.30. The number of nitrogens with zero attached hydrogens (tertiary/aromatic N) is 1. The Morgan fingerprint density at radius 2 is 2.00 bits per heavy atom. The Kier molecular flexibility index (Phi) is 2.47. The van der Waals surface area contributed by atoms with E-state index in [1.54, 1.807) is 7.11 Å². The number of aromatic nitrogens is 1. The normalized spacial score (nSPS) is 15.0. The van der Waals surface area contributed by atoms with Gasteiger partial charge in [-0.05, 0) is 37.8 Å². The van der Waals surface area contributed by atoms with Crippen molar-refractivity contribution in [3.63, 3.8) is 0 Å². The lowest BCUT2D eigenvalue weighted by Crippen LogP contribution is -2.16. The van der Waals surface area contributed by atoms with E-state index in [4.69, 9.17) is 4.74 Å². The number of carbonyl (C=O) groups is 1. The molecule has 0 N–H and O–H groups in total. The molecule has 0 fully saturated rings. The first kappa shape index (κ1) is 10.1. The fraction of sp³-hybridized carbons (Fsp3) is 0.500. The number of fused-ring (bicyclic) bond motifs is 1. The van der Waals surface area contributed by atoms with E-state index in [2.05, 4.69) is 4.98 Å². The topological polar surface area (TPSA) is 39.2 Å². The number of carbonyl (C=O) groups excluding carboxylic acids is 1. The molecule has 0 spiro atoms. The average Bonchev–Trinajstić information content (AvgIpc) is 2.20. The van der Waals surface area contributed by atoms with Crippen LogP contribution in [0.4, 0.5) is 0 Å². The molecule has 3 heteroatoms. The van der Waals surface area contributed by atoms with Crippen molar-refractivity contribution in [1.29, 1.82) is 0 Å². The predicted octanol–water partition coefficient (Wildman–Crippen LogP) is 2.23. The SMILES string of the molecule is COc1c(C)nc2c(c1C)CCCC2=O. The van der Waals surface area contributed by atoms with Gasteiger partial charge in [0, 0.05) is 6.42 Å². The van der Waals surface area contributed by atoms with Crippen LogP contribution in [0.1, 0.15) is 40.2 Å². The number of Topliss-reactive ketones (excluding diaryl/α,β-unsaturated/α-hetero) is 1. The summed E-state index contributed by atoms with van der Waals surface area (Å²) in [5.74, 6) is 0.994. The third kappa shape index (κ3) is 1.52. The number of hydrogen-bond acceptors (Lipinski definition) is 3. The summed E-state index contributed by atoms with van der Waals surface area (Å²) in [6, 6.07) is 0. The fourth-order valence-corrected chi connectivity index (χ4v) is 2.25. The van der Waals surface area contributed by atoms with Crippen molar-refractivity contribution in [2.75, 3.05) is 7.11 Å². The van der Waals surface area contributed by atoms with Gasteiger partial charge in [0.15, 0.2) is 5.78 Å². The van der Waals surface area contributed by atoms with Gasteiger partial charge in [0.25, 0.3) is 0 Å². The minimum absolute atomic E-state index is 0.171. The third-order valence-electron chi connectivity index (χ3n) is 2.99. The molecule has 0 bridgehead atoms. The first-order valence-electron chi connectivity index (χ1n) is 5.22. The molecule has 1 aliphatic carbocycles. The molecule has 0 saturated heterocycles. The second kappa shape index (κ2) is 3.65. The van der Waals surface area contributed by atoms with Crippen LogP contribution in [-0.4, -0.2) is 17.9 Å². The lowest BCUT2D eigenvalue weighted by molar-refractivity contribution is 0.0966. The van der Waals surface area contributed by atoms with E-state index in [-0.39, 0.29) is 5.78 Å². The van der Waals surface area contributed by atoms with Crippen LogP contribution in [0, 0.1) is 13.8 Å². The van der Waals surface area contributed by atoms with Crippen LogP contribution < -0.4 is 4.74 Å². The maximum Gasteiger partial charge on any atom is 0.181 e. The zero-order valence-corrected chi connectivity index (χ0v) is 9.39. The Hall–Kier alpha value is -1.38. The van der Waals surface area contributed by atoms with Gasteiger partial charge >= 0.3 is 0 Å². The predicted molar refractivity (Wildman–Crippen MR) is 57.5 cm³/mol. The summed E-state index contributed by atoms with van der Waals surface area (Å²) in [5.41, 5.74) is 3.63. The van der Waals surface area contributed by atoms with Gasteiger partial charge < -0.3 is 4.74 Å². The molecule has 2 rings (SSSR count). The summed E-state index contributed by atoms with van der Waals surface area (Å²) in [6.07, 6.45) is 2.50. The minimum Gasteiger partial charge on any atom is -0.495 e. The van der Waals surface area contributed by atoms with E-state index < -0.39 is 0 Å². The average molecular weight is 205 g/mol. The molecule has 0 aliphatic heterocycles. The number of methoxy groups -OCH3 is 1. The highest BCUT2D eigenvalue weighted by atomic mass is 16.5. The molecular weight excluding hydrogens is 190 g/mol. The Morgan fingerprint density at radius 3 is 2.67 bits per heavy atom. The molecule has 0 atom stereocenters. The first-order chi connectivity index (χ1) is 7.15. The van der Waals surface area contributed by atoms with Crippen LogP contribution in [-0.2, 0) is 6.42 Å². The van der Waals surface area contributed by atoms with Gasteiger partial charge in [-0.25, -0.2) is 4.98 Å². The Balaban J connectivity index is 2.66. The van der Waals surface area contributed by atoms with Crippen molar-refractivity contribution < 1.29 is 9.53 Å². The van der Waals surface area contributed by atoms with E-state index in [0.717, 1.165) is 35.4 Å².